The molecule has 9 rings (SSSR count). The molecule has 0 saturated carbocycles. The van der Waals surface area contributed by atoms with Crippen molar-refractivity contribution in [3.8, 4) is 45.9 Å². The zero-order valence-corrected chi connectivity index (χ0v) is 32.1. The van der Waals surface area contributed by atoms with E-state index in [0.717, 1.165) is 72.5 Å². The molecular weight excluding hydrogens is 747 g/mol. The molecule has 6 aromatic rings. The maximum Gasteiger partial charge on any atom is 0.387 e. The minimum Gasteiger partial charge on any atom is -0.460 e. The van der Waals surface area contributed by atoms with Crippen LogP contribution in [0.4, 0.5) is 8.78 Å². The van der Waals surface area contributed by atoms with Crippen molar-refractivity contribution in [1.29, 1.82) is 5.26 Å². The van der Waals surface area contributed by atoms with E-state index in [1.54, 1.807) is 6.07 Å². The molecule has 4 aromatic carbocycles. The van der Waals surface area contributed by atoms with Crippen molar-refractivity contribution in [3.05, 3.63) is 88.5 Å². The summed E-state index contributed by atoms with van der Waals surface area (Å²) in [6.45, 7) is 5.35. The highest BCUT2D eigenvalue weighted by atomic mass is 19.3. The summed E-state index contributed by atoms with van der Waals surface area (Å²) in [6.07, 6.45) is 2.62. The average Bonchev–Trinajstić information content (AvgIpc) is 3.99. The molecule has 5 heterocycles. The van der Waals surface area contributed by atoms with Gasteiger partial charge in [-0.05, 0) is 97.8 Å². The largest absolute Gasteiger partial charge is 0.460 e. The lowest BCUT2D eigenvalue weighted by Gasteiger charge is -2.46. The minimum absolute atomic E-state index is 0.153. The maximum absolute atomic E-state index is 13.5. The van der Waals surface area contributed by atoms with Gasteiger partial charge in [0.2, 0.25) is 11.8 Å². The Morgan fingerprint density at radius 3 is 2.34 bits per heavy atom. The smallest absolute Gasteiger partial charge is 0.387 e. The Bertz CT molecular complexity index is 2550. The van der Waals surface area contributed by atoms with Gasteiger partial charge in [0.1, 0.15) is 35.5 Å². The summed E-state index contributed by atoms with van der Waals surface area (Å²) in [5, 5.41) is 16.8. The molecule has 0 spiro atoms. The number of rotatable bonds is 11. The predicted octanol–water partition coefficient (Wildman–Crippen LogP) is 7.42. The SMILES string of the molecule is Cc1c(-c2nc3cc(COC(=O)[C@@H]4CCCN4)c(OC(F)F)cc3o2)cccc1-c1cccc(-c2nc3cc(CN4CCC4C4COCCN4)cc(C#N)c3o2)c1C. The van der Waals surface area contributed by atoms with Crippen molar-refractivity contribution in [2.24, 2.45) is 0 Å². The molecule has 58 heavy (non-hydrogen) atoms. The van der Waals surface area contributed by atoms with Gasteiger partial charge in [0.05, 0.1) is 18.8 Å². The molecule has 2 unspecified atom stereocenters. The van der Waals surface area contributed by atoms with Crippen LogP contribution in [0.3, 0.4) is 0 Å². The number of morpholine rings is 1. The predicted molar refractivity (Wildman–Crippen MR) is 211 cm³/mol. The van der Waals surface area contributed by atoms with E-state index in [4.69, 9.17) is 33.0 Å². The van der Waals surface area contributed by atoms with Crippen LogP contribution in [0.1, 0.15) is 47.1 Å². The van der Waals surface area contributed by atoms with Gasteiger partial charge in [-0.15, -0.1) is 0 Å². The number of likely N-dealkylation sites (tertiary alicyclic amines) is 1. The molecule has 0 aliphatic carbocycles. The van der Waals surface area contributed by atoms with E-state index in [1.807, 2.05) is 62.4 Å². The highest BCUT2D eigenvalue weighted by molar-refractivity contribution is 5.86. The maximum atomic E-state index is 13.5. The standard InChI is InChI=1S/C44H42F2N6O6/c1-24-29(6-3-8-31(24)41-50-34-18-28(22-55-43(53)33-10-5-12-48-33)38(57-44(45)46)19-39(34)56-41)30-7-4-9-32(25(30)2)42-51-35-17-26(16-27(20-47)40(35)58-42)21-52-14-11-37(52)36-23-54-15-13-49-36/h3-4,6-9,16-19,33,36-37,44,48-49H,5,10-15,21-23H2,1-2H3/t33-,36?,37?/m0/s1. The van der Waals surface area contributed by atoms with Crippen LogP contribution in [-0.2, 0) is 27.4 Å². The normalized spacial score (nSPS) is 19.8. The first kappa shape index (κ1) is 37.8. The molecule has 3 fully saturated rings. The van der Waals surface area contributed by atoms with Gasteiger partial charge in [-0.25, -0.2) is 9.97 Å². The van der Waals surface area contributed by atoms with Gasteiger partial charge < -0.3 is 33.7 Å². The van der Waals surface area contributed by atoms with Crippen LogP contribution in [0, 0.1) is 25.2 Å². The number of carbonyl (C=O) groups excluding carboxylic acids is 1. The molecule has 2 N–H and O–H groups in total. The summed E-state index contributed by atoms with van der Waals surface area (Å²) >= 11 is 0. The average molecular weight is 789 g/mol. The second-order valence-corrected chi connectivity index (χ2v) is 15.1. The molecule has 12 nitrogen and oxygen atoms in total. The highest BCUT2D eigenvalue weighted by Crippen LogP contribution is 2.39. The summed E-state index contributed by atoms with van der Waals surface area (Å²) in [4.78, 5) is 24.6. The summed E-state index contributed by atoms with van der Waals surface area (Å²) in [6, 6.07) is 21.2. The number of fused-ring (bicyclic) bond motifs is 2. The Hall–Kier alpha value is -5.72. The van der Waals surface area contributed by atoms with E-state index in [-0.39, 0.29) is 23.5 Å². The zero-order valence-electron chi connectivity index (χ0n) is 32.1. The molecule has 3 saturated heterocycles. The third-order valence-corrected chi connectivity index (χ3v) is 11.6. The number of hydrogen-bond donors (Lipinski definition) is 2. The molecule has 3 aliphatic rings. The highest BCUT2D eigenvalue weighted by Gasteiger charge is 2.36. The number of alkyl halides is 2. The van der Waals surface area contributed by atoms with Gasteiger partial charge in [-0.1, -0.05) is 24.3 Å². The van der Waals surface area contributed by atoms with Crippen molar-refractivity contribution in [3.63, 3.8) is 0 Å². The number of esters is 1. The van der Waals surface area contributed by atoms with Crippen molar-refractivity contribution >= 4 is 28.2 Å². The van der Waals surface area contributed by atoms with Crippen LogP contribution in [0.2, 0.25) is 0 Å². The quantitative estimate of drug-likeness (QED) is 0.126. The van der Waals surface area contributed by atoms with E-state index in [2.05, 4.69) is 21.6 Å². The Morgan fingerprint density at radius 2 is 1.69 bits per heavy atom. The van der Waals surface area contributed by atoms with Crippen molar-refractivity contribution < 1.29 is 36.6 Å². The lowest BCUT2D eigenvalue weighted by Crippen LogP contribution is -2.61. The monoisotopic (exact) mass is 788 g/mol. The fourth-order valence-corrected chi connectivity index (χ4v) is 8.45. The summed E-state index contributed by atoms with van der Waals surface area (Å²) in [5.74, 6) is 0.117. The van der Waals surface area contributed by atoms with Crippen molar-refractivity contribution in [1.82, 2.24) is 25.5 Å². The topological polar surface area (TPSA) is 148 Å². The van der Waals surface area contributed by atoms with Gasteiger partial charge in [-0.3, -0.25) is 9.69 Å². The minimum atomic E-state index is -3.09. The van der Waals surface area contributed by atoms with Gasteiger partial charge >= 0.3 is 12.6 Å². The first-order chi connectivity index (χ1) is 28.2. The van der Waals surface area contributed by atoms with Crippen LogP contribution < -0.4 is 15.4 Å². The number of hydrogen-bond acceptors (Lipinski definition) is 12. The molecule has 0 bridgehead atoms. The lowest BCUT2D eigenvalue weighted by molar-refractivity contribution is -0.147. The van der Waals surface area contributed by atoms with Crippen molar-refractivity contribution in [2.75, 3.05) is 32.8 Å². The van der Waals surface area contributed by atoms with E-state index < -0.39 is 18.6 Å². The van der Waals surface area contributed by atoms with Gasteiger partial charge in [0.15, 0.2) is 11.2 Å². The van der Waals surface area contributed by atoms with E-state index in [1.165, 1.54) is 6.07 Å². The fraction of sp³-hybridized carbons (Fsp3) is 0.364. The van der Waals surface area contributed by atoms with Crippen molar-refractivity contribution in [2.45, 2.75) is 71.0 Å². The number of nitrogens with one attached hydrogen (secondary N) is 2. The second kappa shape index (κ2) is 15.9. The zero-order chi connectivity index (χ0) is 39.9. The molecule has 0 radical (unpaired) electrons. The second-order valence-electron chi connectivity index (χ2n) is 15.1. The van der Waals surface area contributed by atoms with Crippen LogP contribution in [0.25, 0.3) is 56.2 Å². The van der Waals surface area contributed by atoms with E-state index in [9.17, 15) is 18.8 Å². The Balaban J connectivity index is 0.997. The Kier molecular flexibility index (Phi) is 10.4. The lowest BCUT2D eigenvalue weighted by atomic mass is 9.91. The molecule has 0 amide bonds. The molecule has 3 atom stereocenters. The number of nitriles is 1. The molecular formula is C44H42F2N6O6. The van der Waals surface area contributed by atoms with Crippen LogP contribution in [0.15, 0.2) is 69.5 Å². The van der Waals surface area contributed by atoms with E-state index in [0.29, 0.717) is 71.2 Å². The molecule has 14 heteroatoms. The number of carbonyl (C=O) groups is 1. The molecule has 3 aliphatic heterocycles. The Labute approximate surface area is 333 Å². The first-order valence-electron chi connectivity index (χ1n) is 19.6. The number of aromatic nitrogens is 2. The number of nitrogens with zero attached hydrogens (tertiary/aromatic N) is 4. The fourth-order valence-electron chi connectivity index (χ4n) is 8.45. The summed E-state index contributed by atoms with van der Waals surface area (Å²) in [7, 11) is 0. The van der Waals surface area contributed by atoms with Crippen LogP contribution in [-0.4, -0.2) is 78.4 Å². The van der Waals surface area contributed by atoms with Crippen LogP contribution >= 0.6 is 0 Å². The number of oxazole rings is 2. The van der Waals surface area contributed by atoms with Gasteiger partial charge in [0.25, 0.3) is 0 Å². The molecule has 2 aromatic heterocycles. The number of ether oxygens (including phenoxy) is 3. The van der Waals surface area contributed by atoms with Gasteiger partial charge in [0, 0.05) is 54.5 Å². The summed E-state index contributed by atoms with van der Waals surface area (Å²) in [5.41, 5.74) is 8.62. The van der Waals surface area contributed by atoms with Crippen LogP contribution in [0.5, 0.6) is 5.75 Å². The number of halogens is 2. The molecule has 298 valence electrons. The number of benzene rings is 4. The third kappa shape index (κ3) is 7.31. The Morgan fingerprint density at radius 1 is 0.948 bits per heavy atom. The summed E-state index contributed by atoms with van der Waals surface area (Å²) < 4.78 is 55.4. The first-order valence-corrected chi connectivity index (χ1v) is 19.6. The third-order valence-electron chi connectivity index (χ3n) is 11.6. The van der Waals surface area contributed by atoms with E-state index >= 15 is 0 Å². The van der Waals surface area contributed by atoms with Gasteiger partial charge in [-0.2, -0.15) is 14.0 Å².